The molecule has 182 valence electrons. The van der Waals surface area contributed by atoms with E-state index in [-0.39, 0.29) is 5.82 Å². The van der Waals surface area contributed by atoms with Crippen molar-refractivity contribution in [2.45, 2.75) is 44.8 Å². The molecule has 0 amide bonds. The minimum Gasteiger partial charge on any atom is -0.487 e. The lowest BCUT2D eigenvalue weighted by atomic mass is 10.1. The maximum atomic E-state index is 14.0. The number of ether oxygens (including phenoxy) is 1. The molecule has 3 aromatic carbocycles. The molecule has 3 aromatic rings. The predicted molar refractivity (Wildman–Crippen MR) is 140 cm³/mol. The first kappa shape index (κ1) is 22.4. The van der Waals surface area contributed by atoms with Gasteiger partial charge in [-0.05, 0) is 74.5 Å². The van der Waals surface area contributed by atoms with Crippen LogP contribution >= 0.6 is 0 Å². The Morgan fingerprint density at radius 3 is 2.54 bits per heavy atom. The molecule has 3 aliphatic heterocycles. The van der Waals surface area contributed by atoms with Crippen LogP contribution in [0.1, 0.15) is 36.8 Å². The van der Waals surface area contributed by atoms with Crippen LogP contribution in [-0.2, 0) is 13.0 Å². The Hall–Kier alpha value is -3.05. The van der Waals surface area contributed by atoms with Crippen molar-refractivity contribution in [3.63, 3.8) is 0 Å². The molecule has 4 nitrogen and oxygen atoms in total. The molecule has 0 N–H and O–H groups in total. The number of rotatable bonds is 6. The molecule has 1 atom stereocenters. The van der Waals surface area contributed by atoms with E-state index in [0.29, 0.717) is 18.4 Å². The van der Waals surface area contributed by atoms with Crippen LogP contribution in [0.5, 0.6) is 5.75 Å². The summed E-state index contributed by atoms with van der Waals surface area (Å²) in [6.07, 6.45) is 6.10. The molecule has 2 saturated heterocycles. The highest BCUT2D eigenvalue weighted by atomic mass is 19.1. The Bertz CT molecular complexity index is 1160. The van der Waals surface area contributed by atoms with E-state index in [0.717, 1.165) is 37.3 Å². The lowest BCUT2D eigenvalue weighted by Crippen LogP contribution is -2.39. The number of nitrogens with zero attached hydrogens (tertiary/aromatic N) is 3. The first-order valence-corrected chi connectivity index (χ1v) is 13.1. The molecular weight excluding hydrogens is 437 g/mol. The van der Waals surface area contributed by atoms with Gasteiger partial charge in [0.25, 0.3) is 0 Å². The third-order valence-corrected chi connectivity index (χ3v) is 7.87. The third kappa shape index (κ3) is 4.74. The van der Waals surface area contributed by atoms with Gasteiger partial charge in [0.2, 0.25) is 0 Å². The fraction of sp³-hybridized carbons (Fsp3) is 0.400. The van der Waals surface area contributed by atoms with Gasteiger partial charge in [-0.3, -0.25) is 4.90 Å². The number of hydrogen-bond donors (Lipinski definition) is 0. The quantitative estimate of drug-likeness (QED) is 0.428. The molecular formula is C30H34FN3O. The van der Waals surface area contributed by atoms with Gasteiger partial charge in [0.1, 0.15) is 18.2 Å². The Labute approximate surface area is 207 Å². The highest BCUT2D eigenvalue weighted by molar-refractivity contribution is 5.73. The fourth-order valence-electron chi connectivity index (χ4n) is 5.93. The van der Waals surface area contributed by atoms with Crippen LogP contribution in [-0.4, -0.2) is 43.7 Å². The summed E-state index contributed by atoms with van der Waals surface area (Å²) in [6.45, 7) is 5.93. The molecule has 0 aromatic heterocycles. The van der Waals surface area contributed by atoms with Gasteiger partial charge < -0.3 is 14.5 Å². The van der Waals surface area contributed by atoms with Crippen molar-refractivity contribution in [3.8, 4) is 5.75 Å². The molecule has 0 unspecified atom stereocenters. The van der Waals surface area contributed by atoms with Crippen LogP contribution in [0.4, 0.5) is 21.5 Å². The van der Waals surface area contributed by atoms with Gasteiger partial charge in [0, 0.05) is 55.2 Å². The Kier molecular flexibility index (Phi) is 6.34. The van der Waals surface area contributed by atoms with Crippen LogP contribution in [0.25, 0.3) is 0 Å². The summed E-state index contributed by atoms with van der Waals surface area (Å²) in [6, 6.07) is 23.0. The van der Waals surface area contributed by atoms with Gasteiger partial charge >= 0.3 is 0 Å². The van der Waals surface area contributed by atoms with Gasteiger partial charge in [-0.2, -0.15) is 0 Å². The molecule has 0 radical (unpaired) electrons. The van der Waals surface area contributed by atoms with Crippen molar-refractivity contribution in [2.75, 3.05) is 42.5 Å². The molecule has 3 aliphatic rings. The Balaban J connectivity index is 1.17. The fourth-order valence-corrected chi connectivity index (χ4v) is 5.93. The summed E-state index contributed by atoms with van der Waals surface area (Å²) in [7, 11) is 0. The van der Waals surface area contributed by atoms with E-state index in [1.165, 1.54) is 61.8 Å². The largest absolute Gasteiger partial charge is 0.487 e. The number of halogens is 1. The van der Waals surface area contributed by atoms with Crippen molar-refractivity contribution >= 4 is 17.1 Å². The molecule has 35 heavy (non-hydrogen) atoms. The lowest BCUT2D eigenvalue weighted by molar-refractivity contribution is 0.261. The van der Waals surface area contributed by atoms with Crippen molar-refractivity contribution < 1.29 is 9.13 Å². The second kappa shape index (κ2) is 9.90. The van der Waals surface area contributed by atoms with Gasteiger partial charge in [-0.15, -0.1) is 0 Å². The van der Waals surface area contributed by atoms with E-state index in [9.17, 15) is 4.39 Å². The van der Waals surface area contributed by atoms with Gasteiger partial charge in [0.15, 0.2) is 0 Å². The van der Waals surface area contributed by atoms with E-state index in [2.05, 4.69) is 57.2 Å². The standard InChI is InChI=1S/C30H34FN3O/c31-25-11-14-29-30(20-25)35-22-24-6-1-2-8-28(24)34(29)21-27-7-5-18-33(27)19-15-23-9-12-26(13-10-23)32-16-3-4-17-32/h1-2,6,8-14,20,27H,3-5,7,15-19,21-22H2/t27-/m1/s1. The number of likely N-dealkylation sites (tertiary alicyclic amines) is 1. The van der Waals surface area contributed by atoms with Crippen LogP contribution in [0, 0.1) is 5.82 Å². The summed E-state index contributed by atoms with van der Waals surface area (Å²) in [5, 5.41) is 0. The van der Waals surface area contributed by atoms with E-state index in [1.54, 1.807) is 6.07 Å². The predicted octanol–water partition coefficient (Wildman–Crippen LogP) is 6.16. The van der Waals surface area contributed by atoms with Crippen molar-refractivity contribution in [3.05, 3.63) is 83.7 Å². The van der Waals surface area contributed by atoms with Crippen LogP contribution in [0.3, 0.4) is 0 Å². The molecule has 0 saturated carbocycles. The number of anilines is 3. The van der Waals surface area contributed by atoms with E-state index >= 15 is 0 Å². The zero-order chi connectivity index (χ0) is 23.6. The normalized spacial score (nSPS) is 19.9. The first-order valence-electron chi connectivity index (χ1n) is 13.1. The minimum absolute atomic E-state index is 0.257. The molecule has 0 spiro atoms. The highest BCUT2D eigenvalue weighted by Crippen LogP contribution is 2.40. The zero-order valence-corrected chi connectivity index (χ0v) is 20.3. The monoisotopic (exact) mass is 471 g/mol. The lowest BCUT2D eigenvalue weighted by Gasteiger charge is -2.32. The summed E-state index contributed by atoms with van der Waals surface area (Å²) in [5.74, 6) is 0.372. The van der Waals surface area contributed by atoms with E-state index in [1.807, 2.05) is 12.1 Å². The van der Waals surface area contributed by atoms with Crippen molar-refractivity contribution in [1.82, 2.24) is 4.90 Å². The molecule has 6 rings (SSSR count). The number of para-hydroxylation sites is 1. The molecule has 0 aliphatic carbocycles. The highest BCUT2D eigenvalue weighted by Gasteiger charge is 2.30. The Morgan fingerprint density at radius 1 is 0.857 bits per heavy atom. The van der Waals surface area contributed by atoms with Crippen LogP contribution in [0.2, 0.25) is 0 Å². The smallest absolute Gasteiger partial charge is 0.146 e. The second-order valence-corrected chi connectivity index (χ2v) is 10.1. The summed E-state index contributed by atoms with van der Waals surface area (Å²) in [4.78, 5) is 7.49. The average molecular weight is 472 g/mol. The van der Waals surface area contributed by atoms with Crippen molar-refractivity contribution in [2.24, 2.45) is 0 Å². The van der Waals surface area contributed by atoms with Gasteiger partial charge in [-0.25, -0.2) is 4.39 Å². The molecule has 3 heterocycles. The molecule has 0 bridgehead atoms. The number of fused-ring (bicyclic) bond motifs is 2. The third-order valence-electron chi connectivity index (χ3n) is 7.87. The van der Waals surface area contributed by atoms with Gasteiger partial charge in [0.05, 0.1) is 5.69 Å². The van der Waals surface area contributed by atoms with Crippen molar-refractivity contribution in [1.29, 1.82) is 0 Å². The molecule has 2 fully saturated rings. The summed E-state index contributed by atoms with van der Waals surface area (Å²) < 4.78 is 20.0. The maximum Gasteiger partial charge on any atom is 0.146 e. The summed E-state index contributed by atoms with van der Waals surface area (Å²) in [5.41, 5.74) is 6.05. The van der Waals surface area contributed by atoms with Crippen LogP contribution < -0.4 is 14.5 Å². The average Bonchev–Trinajstić information content (AvgIpc) is 3.55. The van der Waals surface area contributed by atoms with E-state index < -0.39 is 0 Å². The number of hydrogen-bond acceptors (Lipinski definition) is 4. The second-order valence-electron chi connectivity index (χ2n) is 10.1. The summed E-state index contributed by atoms with van der Waals surface area (Å²) >= 11 is 0. The van der Waals surface area contributed by atoms with E-state index in [4.69, 9.17) is 4.74 Å². The maximum absolute atomic E-state index is 14.0. The first-order chi connectivity index (χ1) is 17.2. The van der Waals surface area contributed by atoms with Gasteiger partial charge in [-0.1, -0.05) is 30.3 Å². The Morgan fingerprint density at radius 2 is 1.69 bits per heavy atom. The minimum atomic E-state index is -0.257. The molecule has 5 heteroatoms. The topological polar surface area (TPSA) is 19.0 Å². The van der Waals surface area contributed by atoms with Crippen LogP contribution in [0.15, 0.2) is 66.7 Å². The SMILES string of the molecule is Fc1ccc2c(c1)OCc1ccccc1N2C[C@H]1CCCN1CCc1ccc(N2CCCC2)cc1. The zero-order valence-electron chi connectivity index (χ0n) is 20.3. The number of benzene rings is 3.